The highest BCUT2D eigenvalue weighted by molar-refractivity contribution is 6.01. The molecule has 0 aromatic heterocycles. The van der Waals surface area contributed by atoms with Gasteiger partial charge in [0, 0.05) is 17.5 Å². The van der Waals surface area contributed by atoms with Gasteiger partial charge in [-0.25, -0.2) is 0 Å². The lowest BCUT2D eigenvalue weighted by Gasteiger charge is -2.12. The van der Waals surface area contributed by atoms with Gasteiger partial charge in [-0.15, -0.1) is 0 Å². The fourth-order valence-electron chi connectivity index (χ4n) is 2.57. The van der Waals surface area contributed by atoms with Crippen LogP contribution in [0.2, 0.25) is 0 Å². The van der Waals surface area contributed by atoms with Crippen LogP contribution in [0.25, 0.3) is 0 Å². The molecule has 0 bridgehead atoms. The molecule has 0 fully saturated rings. The van der Waals surface area contributed by atoms with Gasteiger partial charge < -0.3 is 9.47 Å². The largest absolute Gasteiger partial charge is 0.497 e. The molecule has 0 radical (unpaired) electrons. The van der Waals surface area contributed by atoms with Crippen LogP contribution in [0.5, 0.6) is 5.75 Å². The van der Waals surface area contributed by atoms with Crippen molar-refractivity contribution in [1.82, 2.24) is 0 Å². The second-order valence-corrected chi connectivity index (χ2v) is 6.45. The molecule has 0 spiro atoms. The van der Waals surface area contributed by atoms with E-state index in [1.54, 1.807) is 37.4 Å². The Morgan fingerprint density at radius 2 is 1.52 bits per heavy atom. The van der Waals surface area contributed by atoms with Crippen LogP contribution < -0.4 is 4.74 Å². The van der Waals surface area contributed by atoms with Crippen LogP contribution in [-0.2, 0) is 9.53 Å². The van der Waals surface area contributed by atoms with Crippen molar-refractivity contribution in [1.29, 1.82) is 0 Å². The number of ether oxygens (including phenoxy) is 2. The highest BCUT2D eigenvalue weighted by atomic mass is 16.5. The van der Waals surface area contributed by atoms with Crippen LogP contribution in [0.4, 0.5) is 0 Å². The van der Waals surface area contributed by atoms with E-state index < -0.39 is 12.1 Å². The van der Waals surface area contributed by atoms with Crippen molar-refractivity contribution < 1.29 is 23.9 Å². The fourth-order valence-corrected chi connectivity index (χ4v) is 2.57. The molecule has 0 aliphatic carbocycles. The van der Waals surface area contributed by atoms with Crippen LogP contribution in [0.3, 0.4) is 0 Å². The van der Waals surface area contributed by atoms with Gasteiger partial charge in [-0.1, -0.05) is 12.1 Å². The van der Waals surface area contributed by atoms with Crippen molar-refractivity contribution in [2.45, 2.75) is 39.7 Å². The van der Waals surface area contributed by atoms with Gasteiger partial charge in [-0.2, -0.15) is 0 Å². The summed E-state index contributed by atoms with van der Waals surface area (Å²) in [6.07, 6.45) is -0.931. The summed E-state index contributed by atoms with van der Waals surface area (Å²) < 4.78 is 10.2. The Bertz CT molecular complexity index is 836. The molecular formula is C22H24O5. The molecule has 0 aliphatic heterocycles. The highest BCUT2D eigenvalue weighted by Crippen LogP contribution is 2.15. The molecular weight excluding hydrogens is 344 g/mol. The SMILES string of the molecule is COc1ccc(C(=O)[C@H](C)OC(=O)CCC(=O)c2ccc(C)c(C)c2)cc1. The number of ketones is 2. The van der Waals surface area contributed by atoms with Crippen molar-refractivity contribution in [3.05, 3.63) is 64.7 Å². The minimum Gasteiger partial charge on any atom is -0.497 e. The van der Waals surface area contributed by atoms with Crippen molar-refractivity contribution in [2.75, 3.05) is 7.11 Å². The topological polar surface area (TPSA) is 69.7 Å². The van der Waals surface area contributed by atoms with Gasteiger partial charge in [-0.3, -0.25) is 14.4 Å². The second kappa shape index (κ2) is 9.12. The molecule has 2 aromatic carbocycles. The lowest BCUT2D eigenvalue weighted by molar-refractivity contribution is -0.146. The number of hydrogen-bond donors (Lipinski definition) is 0. The van der Waals surface area contributed by atoms with Gasteiger partial charge in [0.25, 0.3) is 0 Å². The molecule has 5 heteroatoms. The maximum atomic E-state index is 12.3. The van der Waals surface area contributed by atoms with Gasteiger partial charge in [0.1, 0.15) is 5.75 Å². The Kier molecular flexibility index (Phi) is 6.88. The summed E-state index contributed by atoms with van der Waals surface area (Å²) in [4.78, 5) is 36.6. The first-order valence-electron chi connectivity index (χ1n) is 8.80. The van der Waals surface area contributed by atoms with Gasteiger partial charge in [0.2, 0.25) is 5.78 Å². The van der Waals surface area contributed by atoms with E-state index in [1.165, 1.54) is 6.92 Å². The van der Waals surface area contributed by atoms with Crippen molar-refractivity contribution in [3.63, 3.8) is 0 Å². The van der Waals surface area contributed by atoms with E-state index in [1.807, 2.05) is 26.0 Å². The average Bonchev–Trinajstić information content (AvgIpc) is 2.67. The number of Topliss-reactive ketones (excluding diaryl/α,β-unsaturated/α-hetero) is 2. The minimum atomic E-state index is -0.914. The molecule has 0 N–H and O–H groups in total. The maximum Gasteiger partial charge on any atom is 0.306 e. The van der Waals surface area contributed by atoms with E-state index in [0.717, 1.165) is 11.1 Å². The van der Waals surface area contributed by atoms with Gasteiger partial charge in [0.05, 0.1) is 13.5 Å². The predicted octanol–water partition coefficient (Wildman–Crippen LogP) is 4.09. The monoisotopic (exact) mass is 368 g/mol. The third kappa shape index (κ3) is 5.51. The quantitative estimate of drug-likeness (QED) is 0.518. The standard InChI is InChI=1S/C22H24O5/c1-14-5-6-18(13-15(14)2)20(23)11-12-21(24)27-16(3)22(25)17-7-9-19(26-4)10-8-17/h5-10,13,16H,11-12H2,1-4H3/t16-/m0/s1. The first-order valence-corrected chi connectivity index (χ1v) is 8.80. The van der Waals surface area contributed by atoms with E-state index in [9.17, 15) is 14.4 Å². The molecule has 0 heterocycles. The Balaban J connectivity index is 1.87. The Labute approximate surface area is 159 Å². The molecule has 27 heavy (non-hydrogen) atoms. The summed E-state index contributed by atoms with van der Waals surface area (Å²) in [5.74, 6) is -0.349. The molecule has 1 atom stereocenters. The Morgan fingerprint density at radius 1 is 0.889 bits per heavy atom. The lowest BCUT2D eigenvalue weighted by atomic mass is 10.0. The van der Waals surface area contributed by atoms with Gasteiger partial charge in [0.15, 0.2) is 11.9 Å². The zero-order valence-electron chi connectivity index (χ0n) is 16.1. The van der Waals surface area contributed by atoms with E-state index in [0.29, 0.717) is 16.9 Å². The molecule has 142 valence electrons. The zero-order valence-corrected chi connectivity index (χ0v) is 16.1. The Morgan fingerprint density at radius 3 is 2.11 bits per heavy atom. The molecule has 5 nitrogen and oxygen atoms in total. The maximum absolute atomic E-state index is 12.3. The summed E-state index contributed by atoms with van der Waals surface area (Å²) in [6.45, 7) is 5.44. The molecule has 0 saturated heterocycles. The number of carbonyl (C=O) groups excluding carboxylic acids is 3. The third-order valence-electron chi connectivity index (χ3n) is 4.44. The number of hydrogen-bond acceptors (Lipinski definition) is 5. The first-order chi connectivity index (χ1) is 12.8. The van der Waals surface area contributed by atoms with Crippen molar-refractivity contribution in [3.8, 4) is 5.75 Å². The van der Waals surface area contributed by atoms with Crippen molar-refractivity contribution in [2.24, 2.45) is 0 Å². The Hall–Kier alpha value is -2.95. The van der Waals surface area contributed by atoms with E-state index >= 15 is 0 Å². The van der Waals surface area contributed by atoms with E-state index in [-0.39, 0.29) is 24.4 Å². The molecule has 2 rings (SSSR count). The lowest BCUT2D eigenvalue weighted by Crippen LogP contribution is -2.24. The van der Waals surface area contributed by atoms with Crippen LogP contribution >= 0.6 is 0 Å². The second-order valence-electron chi connectivity index (χ2n) is 6.45. The number of benzene rings is 2. The minimum absolute atomic E-state index is 0.0464. The van der Waals surface area contributed by atoms with Crippen molar-refractivity contribution >= 4 is 17.5 Å². The molecule has 2 aromatic rings. The van der Waals surface area contributed by atoms with Crippen LogP contribution in [0, 0.1) is 13.8 Å². The van der Waals surface area contributed by atoms with Gasteiger partial charge >= 0.3 is 5.97 Å². The van der Waals surface area contributed by atoms with Crippen LogP contribution in [0.1, 0.15) is 51.6 Å². The molecule has 0 saturated carbocycles. The zero-order chi connectivity index (χ0) is 20.0. The number of aryl methyl sites for hydroxylation is 2. The molecule has 0 amide bonds. The molecule has 0 aliphatic rings. The number of esters is 1. The van der Waals surface area contributed by atoms with Gasteiger partial charge in [-0.05, 0) is 62.2 Å². The predicted molar refractivity (Wildman–Crippen MR) is 102 cm³/mol. The van der Waals surface area contributed by atoms with Crippen LogP contribution in [-0.4, -0.2) is 30.7 Å². The summed E-state index contributed by atoms with van der Waals surface area (Å²) in [5.41, 5.74) is 3.15. The summed E-state index contributed by atoms with van der Waals surface area (Å²) in [6, 6.07) is 12.0. The summed E-state index contributed by atoms with van der Waals surface area (Å²) in [7, 11) is 1.54. The highest BCUT2D eigenvalue weighted by Gasteiger charge is 2.20. The average molecular weight is 368 g/mol. The normalized spacial score (nSPS) is 11.6. The first kappa shape index (κ1) is 20.4. The fraction of sp³-hybridized carbons (Fsp3) is 0.318. The van der Waals surface area contributed by atoms with E-state index in [2.05, 4.69) is 0 Å². The third-order valence-corrected chi connectivity index (χ3v) is 4.44. The number of rotatable bonds is 8. The summed E-state index contributed by atoms with van der Waals surface area (Å²) in [5, 5.41) is 0. The smallest absolute Gasteiger partial charge is 0.306 e. The van der Waals surface area contributed by atoms with Crippen LogP contribution in [0.15, 0.2) is 42.5 Å². The number of carbonyl (C=O) groups is 3. The molecule has 0 unspecified atom stereocenters. The number of methoxy groups -OCH3 is 1. The van der Waals surface area contributed by atoms with E-state index in [4.69, 9.17) is 9.47 Å². The summed E-state index contributed by atoms with van der Waals surface area (Å²) >= 11 is 0.